The van der Waals surface area contributed by atoms with Crippen molar-refractivity contribution < 1.29 is 14.3 Å². The Bertz CT molecular complexity index is 1110. The monoisotopic (exact) mass is 518 g/mol. The number of unbranched alkanes of at least 4 members (excludes halogenated alkanes) is 2. The number of hydrogen-bond acceptors (Lipinski definition) is 5. The number of morpholine rings is 1. The number of fused-ring (bicyclic) bond motifs is 1. The average molecular weight is 519 g/mol. The predicted molar refractivity (Wildman–Crippen MR) is 151 cm³/mol. The van der Waals surface area contributed by atoms with E-state index in [9.17, 15) is 4.79 Å². The van der Waals surface area contributed by atoms with Gasteiger partial charge in [-0.15, -0.1) is 0 Å². The zero-order valence-corrected chi connectivity index (χ0v) is 22.9. The summed E-state index contributed by atoms with van der Waals surface area (Å²) >= 11 is 0. The summed E-state index contributed by atoms with van der Waals surface area (Å²) in [6.45, 7) is 9.22. The van der Waals surface area contributed by atoms with Crippen LogP contribution in [0.4, 0.5) is 5.69 Å². The van der Waals surface area contributed by atoms with Gasteiger partial charge in [-0.1, -0.05) is 43.2 Å². The maximum absolute atomic E-state index is 13.8. The first-order valence-electron chi connectivity index (χ1n) is 14.4. The number of nitrogens with zero attached hydrogens (tertiary/aromatic N) is 3. The molecule has 2 fully saturated rings. The van der Waals surface area contributed by atoms with Gasteiger partial charge in [0.1, 0.15) is 11.6 Å². The first kappa shape index (κ1) is 26.7. The van der Waals surface area contributed by atoms with Gasteiger partial charge in [-0.25, -0.2) is 0 Å². The Labute approximate surface area is 227 Å². The first-order chi connectivity index (χ1) is 18.5. The smallest absolute Gasteiger partial charge is 0.272 e. The summed E-state index contributed by atoms with van der Waals surface area (Å²) in [5.41, 5.74) is 2.44. The Morgan fingerprint density at radius 2 is 1.68 bits per heavy atom. The van der Waals surface area contributed by atoms with Gasteiger partial charge in [0.2, 0.25) is 6.10 Å². The van der Waals surface area contributed by atoms with Gasteiger partial charge >= 0.3 is 0 Å². The van der Waals surface area contributed by atoms with E-state index in [1.54, 1.807) is 0 Å². The average Bonchev–Trinajstić information content (AvgIpc) is 2.95. The van der Waals surface area contributed by atoms with E-state index >= 15 is 0 Å². The molecular weight excluding hydrogens is 476 g/mol. The number of amidine groups is 1. The quantitative estimate of drug-likeness (QED) is 0.294. The highest BCUT2D eigenvalue weighted by atomic mass is 16.5. The van der Waals surface area contributed by atoms with Gasteiger partial charge in [0.05, 0.1) is 18.9 Å². The molecule has 7 heteroatoms. The van der Waals surface area contributed by atoms with Gasteiger partial charge in [-0.3, -0.25) is 15.1 Å². The number of hydrogen-bond donors (Lipinski definition) is 1. The second-order valence-corrected chi connectivity index (χ2v) is 11.0. The Morgan fingerprint density at radius 1 is 0.947 bits per heavy atom. The van der Waals surface area contributed by atoms with E-state index in [0.29, 0.717) is 50.8 Å². The van der Waals surface area contributed by atoms with Crippen LogP contribution in [0.3, 0.4) is 0 Å². The Balaban J connectivity index is 1.25. The van der Waals surface area contributed by atoms with Crippen molar-refractivity contribution in [1.29, 1.82) is 5.41 Å². The molecule has 0 spiro atoms. The summed E-state index contributed by atoms with van der Waals surface area (Å²) in [5.74, 6) is 1.17. The highest BCUT2D eigenvalue weighted by Gasteiger charge is 2.35. The minimum Gasteiger partial charge on any atom is -0.474 e. The molecular formula is C31H42N4O3. The van der Waals surface area contributed by atoms with Crippen molar-refractivity contribution in [2.45, 2.75) is 70.6 Å². The first-order valence-corrected chi connectivity index (χ1v) is 14.4. The van der Waals surface area contributed by atoms with Crippen LogP contribution in [0.15, 0.2) is 48.5 Å². The summed E-state index contributed by atoms with van der Waals surface area (Å²) < 4.78 is 11.7. The molecule has 2 aromatic carbocycles. The van der Waals surface area contributed by atoms with Crippen molar-refractivity contribution in [3.05, 3.63) is 59.7 Å². The van der Waals surface area contributed by atoms with Gasteiger partial charge in [0, 0.05) is 42.8 Å². The van der Waals surface area contributed by atoms with E-state index in [0.717, 1.165) is 48.4 Å². The molecule has 0 aromatic heterocycles. The molecule has 0 bridgehead atoms. The fraction of sp³-hybridized carbons (Fsp3) is 0.548. The molecule has 3 atom stereocenters. The largest absolute Gasteiger partial charge is 0.474 e. The van der Waals surface area contributed by atoms with Crippen LogP contribution in [0.2, 0.25) is 0 Å². The van der Waals surface area contributed by atoms with Crippen LogP contribution in [-0.4, -0.2) is 73.0 Å². The number of piperidine rings is 1. The van der Waals surface area contributed by atoms with Crippen molar-refractivity contribution in [2.24, 2.45) is 0 Å². The third-order valence-corrected chi connectivity index (χ3v) is 8.36. The predicted octanol–water partition coefficient (Wildman–Crippen LogP) is 5.24. The van der Waals surface area contributed by atoms with Crippen LogP contribution < -0.4 is 9.64 Å². The normalized spacial score (nSPS) is 24.2. The Hall–Kier alpha value is -2.90. The summed E-state index contributed by atoms with van der Waals surface area (Å²) in [7, 11) is 0. The third-order valence-electron chi connectivity index (χ3n) is 8.36. The van der Waals surface area contributed by atoms with Gasteiger partial charge in [0.15, 0.2) is 0 Å². The lowest BCUT2D eigenvalue weighted by Gasteiger charge is -2.39. The van der Waals surface area contributed by atoms with Crippen molar-refractivity contribution >= 4 is 17.4 Å². The number of benzene rings is 2. The van der Waals surface area contributed by atoms with Crippen LogP contribution in [-0.2, 0) is 9.53 Å². The molecule has 0 saturated carbocycles. The number of nitrogens with one attached hydrogen (secondary N) is 1. The topological polar surface area (TPSA) is 69.1 Å². The van der Waals surface area contributed by atoms with Gasteiger partial charge in [-0.05, 0) is 64.3 Å². The molecule has 7 nitrogen and oxygen atoms in total. The van der Waals surface area contributed by atoms with Crippen LogP contribution in [0.5, 0.6) is 5.75 Å². The maximum Gasteiger partial charge on any atom is 0.272 e. The second-order valence-electron chi connectivity index (χ2n) is 11.0. The van der Waals surface area contributed by atoms with Crippen molar-refractivity contribution in [3.8, 4) is 5.75 Å². The van der Waals surface area contributed by atoms with E-state index in [1.165, 1.54) is 19.3 Å². The summed E-state index contributed by atoms with van der Waals surface area (Å²) in [5, 5.41) is 8.70. The van der Waals surface area contributed by atoms with Gasteiger partial charge in [0.25, 0.3) is 5.91 Å². The molecule has 1 N–H and O–H groups in total. The SMILES string of the molecule is C[C@@H]1CCC[C@H](C)N1CCCCCN1C(=O)C(c2cccc(C(=N)N3CCOCC3)c2)Oc2ccccc21. The zero-order chi connectivity index (χ0) is 26.5. The number of amides is 1. The number of rotatable bonds is 8. The molecule has 2 saturated heterocycles. The van der Waals surface area contributed by atoms with E-state index < -0.39 is 6.10 Å². The lowest BCUT2D eigenvalue weighted by Crippen LogP contribution is -2.44. The molecule has 204 valence electrons. The fourth-order valence-electron chi connectivity index (χ4n) is 6.13. The highest BCUT2D eigenvalue weighted by molar-refractivity contribution is 6.01. The Morgan fingerprint density at radius 3 is 2.47 bits per heavy atom. The number of ether oxygens (including phenoxy) is 2. The molecule has 3 heterocycles. The highest BCUT2D eigenvalue weighted by Crippen LogP contribution is 2.39. The Kier molecular flexibility index (Phi) is 8.65. The fourth-order valence-corrected chi connectivity index (χ4v) is 6.13. The van der Waals surface area contributed by atoms with Crippen molar-refractivity contribution in [3.63, 3.8) is 0 Å². The molecule has 3 aliphatic rings. The summed E-state index contributed by atoms with van der Waals surface area (Å²) in [6.07, 6.45) is 6.46. The van der Waals surface area contributed by atoms with Gasteiger partial charge in [-0.2, -0.15) is 0 Å². The van der Waals surface area contributed by atoms with Crippen LogP contribution in [0.1, 0.15) is 69.6 Å². The van der Waals surface area contributed by atoms with Crippen LogP contribution >= 0.6 is 0 Å². The number of likely N-dealkylation sites (tertiary alicyclic amines) is 1. The van der Waals surface area contributed by atoms with Crippen LogP contribution in [0, 0.1) is 5.41 Å². The van der Waals surface area contributed by atoms with E-state index in [-0.39, 0.29) is 5.91 Å². The molecule has 0 aliphatic carbocycles. The summed E-state index contributed by atoms with van der Waals surface area (Å²) in [6, 6.07) is 16.9. The maximum atomic E-state index is 13.8. The van der Waals surface area contributed by atoms with Crippen LogP contribution in [0.25, 0.3) is 0 Å². The number of carbonyl (C=O) groups excluding carboxylic acids is 1. The minimum absolute atomic E-state index is 0.0305. The lowest BCUT2D eigenvalue weighted by molar-refractivity contribution is -0.126. The van der Waals surface area contributed by atoms with Crippen molar-refractivity contribution in [2.75, 3.05) is 44.3 Å². The van der Waals surface area contributed by atoms with E-state index in [2.05, 4.69) is 18.7 Å². The molecule has 1 unspecified atom stereocenters. The zero-order valence-electron chi connectivity index (χ0n) is 22.9. The third kappa shape index (κ3) is 5.89. The number of para-hydroxylation sites is 2. The molecule has 1 amide bonds. The van der Waals surface area contributed by atoms with E-state index in [4.69, 9.17) is 14.9 Å². The molecule has 3 aliphatic heterocycles. The van der Waals surface area contributed by atoms with E-state index in [1.807, 2.05) is 58.3 Å². The minimum atomic E-state index is -0.711. The standard InChI is InChI=1S/C31H42N4O3/c1-23-10-8-11-24(2)34(23)16-6-3-7-17-35-27-14-4-5-15-28(27)38-29(31(35)36)25-12-9-13-26(22-25)30(32)33-18-20-37-21-19-33/h4-5,9,12-15,22-24,29,32H,3,6-8,10-11,16-21H2,1-2H3/t23-,24+,29?. The molecule has 5 rings (SSSR count). The number of carbonyl (C=O) groups is 1. The van der Waals surface area contributed by atoms with Gasteiger partial charge < -0.3 is 19.3 Å². The second kappa shape index (κ2) is 12.3. The van der Waals surface area contributed by atoms with Crippen molar-refractivity contribution in [1.82, 2.24) is 9.80 Å². The number of anilines is 1. The molecule has 38 heavy (non-hydrogen) atoms. The summed E-state index contributed by atoms with van der Waals surface area (Å²) in [4.78, 5) is 20.4. The molecule has 0 radical (unpaired) electrons. The lowest BCUT2D eigenvalue weighted by atomic mass is 9.97. The molecule has 2 aromatic rings.